The maximum Gasteiger partial charge on any atom is 0.127 e. The highest BCUT2D eigenvalue weighted by Gasteiger charge is 2.34. The third-order valence-corrected chi connectivity index (χ3v) is 4.51. The Kier molecular flexibility index (Phi) is 3.12. The molecule has 2 aliphatic heterocycles. The van der Waals surface area contributed by atoms with Gasteiger partial charge in [-0.15, -0.1) is 0 Å². The Morgan fingerprint density at radius 2 is 2.11 bits per heavy atom. The summed E-state index contributed by atoms with van der Waals surface area (Å²) < 4.78 is 0. The van der Waals surface area contributed by atoms with Crippen molar-refractivity contribution in [2.45, 2.75) is 31.3 Å². The second-order valence-corrected chi connectivity index (χ2v) is 5.43. The lowest BCUT2D eigenvalue weighted by molar-refractivity contribution is 0.254. The molecule has 0 aliphatic carbocycles. The zero-order chi connectivity index (χ0) is 12.5. The molecule has 2 unspecified atom stereocenters. The number of nitrogens with one attached hydrogen (secondary N) is 1. The van der Waals surface area contributed by atoms with E-state index in [9.17, 15) is 0 Å². The zero-order valence-electron chi connectivity index (χ0n) is 11.3. The van der Waals surface area contributed by atoms with Crippen molar-refractivity contribution in [3.8, 4) is 0 Å². The van der Waals surface area contributed by atoms with E-state index in [0.29, 0.717) is 0 Å². The predicted molar refractivity (Wildman–Crippen MR) is 75.2 cm³/mol. The minimum atomic E-state index is 0.726. The van der Waals surface area contributed by atoms with Gasteiger partial charge < -0.3 is 10.2 Å². The van der Waals surface area contributed by atoms with Crippen molar-refractivity contribution in [3.05, 3.63) is 18.3 Å². The molecule has 98 valence electrons. The highest BCUT2D eigenvalue weighted by Crippen LogP contribution is 2.30. The molecule has 4 nitrogen and oxygen atoms in total. The highest BCUT2D eigenvalue weighted by molar-refractivity contribution is 5.54. The van der Waals surface area contributed by atoms with Crippen LogP contribution in [0.5, 0.6) is 0 Å². The van der Waals surface area contributed by atoms with Gasteiger partial charge >= 0.3 is 0 Å². The third kappa shape index (κ3) is 2.05. The Balaban J connectivity index is 1.80. The van der Waals surface area contributed by atoms with Crippen molar-refractivity contribution in [2.75, 3.05) is 37.4 Å². The van der Waals surface area contributed by atoms with Crippen LogP contribution in [-0.2, 0) is 0 Å². The molecule has 3 heterocycles. The summed E-state index contributed by atoms with van der Waals surface area (Å²) in [6.07, 6.45) is 5.91. The number of anilines is 2. The average molecular weight is 246 g/mol. The van der Waals surface area contributed by atoms with E-state index in [1.54, 1.807) is 0 Å². The quantitative estimate of drug-likeness (QED) is 0.862. The first-order valence-corrected chi connectivity index (χ1v) is 6.88. The summed E-state index contributed by atoms with van der Waals surface area (Å²) in [5.41, 5.74) is 1.30. The molecule has 1 aromatic rings. The zero-order valence-corrected chi connectivity index (χ0v) is 11.3. The first-order chi connectivity index (χ1) is 8.78. The van der Waals surface area contributed by atoms with Crippen molar-refractivity contribution in [1.29, 1.82) is 0 Å². The second kappa shape index (κ2) is 4.76. The van der Waals surface area contributed by atoms with Crippen molar-refractivity contribution in [3.63, 3.8) is 0 Å². The lowest BCUT2D eigenvalue weighted by Gasteiger charge is -2.27. The van der Waals surface area contributed by atoms with Gasteiger partial charge in [0, 0.05) is 50.2 Å². The summed E-state index contributed by atoms with van der Waals surface area (Å²) in [6, 6.07) is 5.80. The SMILES string of the molecule is CNc1cc(N2CCC3CCC(C2)N3C)ccn1. The molecule has 0 saturated carbocycles. The number of nitrogens with zero attached hydrogens (tertiary/aromatic N) is 3. The van der Waals surface area contributed by atoms with Crippen LogP contribution in [0.4, 0.5) is 11.5 Å². The standard InChI is InChI=1S/C14H22N4/c1-15-14-9-12(5-7-16-14)18-8-6-11-3-4-13(10-18)17(11)2/h5,7,9,11,13H,3-4,6,8,10H2,1-2H3,(H,15,16). The van der Waals surface area contributed by atoms with E-state index in [1.165, 1.54) is 31.5 Å². The van der Waals surface area contributed by atoms with Gasteiger partial charge in [0.25, 0.3) is 0 Å². The van der Waals surface area contributed by atoms with Crippen LogP contribution in [0.25, 0.3) is 0 Å². The van der Waals surface area contributed by atoms with Crippen LogP contribution in [0, 0.1) is 0 Å². The van der Waals surface area contributed by atoms with Crippen molar-refractivity contribution in [1.82, 2.24) is 9.88 Å². The smallest absolute Gasteiger partial charge is 0.127 e. The molecule has 1 N–H and O–H groups in total. The molecule has 2 aliphatic rings. The van der Waals surface area contributed by atoms with Gasteiger partial charge in [-0.1, -0.05) is 0 Å². The summed E-state index contributed by atoms with van der Waals surface area (Å²) in [7, 11) is 4.21. The maximum absolute atomic E-state index is 4.29. The number of likely N-dealkylation sites (N-methyl/N-ethyl adjacent to an activating group) is 1. The van der Waals surface area contributed by atoms with Crippen LogP contribution in [0.1, 0.15) is 19.3 Å². The van der Waals surface area contributed by atoms with Crippen LogP contribution in [0.15, 0.2) is 18.3 Å². The van der Waals surface area contributed by atoms with Crippen molar-refractivity contribution < 1.29 is 0 Å². The van der Waals surface area contributed by atoms with Crippen LogP contribution in [0.2, 0.25) is 0 Å². The minimum absolute atomic E-state index is 0.726. The molecule has 3 rings (SSSR count). The first kappa shape index (κ1) is 11.8. The molecular formula is C14H22N4. The average Bonchev–Trinajstić information content (AvgIpc) is 2.63. The normalized spacial score (nSPS) is 28.2. The van der Waals surface area contributed by atoms with Gasteiger partial charge in [0.1, 0.15) is 5.82 Å². The molecule has 2 bridgehead atoms. The molecule has 0 aromatic carbocycles. The topological polar surface area (TPSA) is 31.4 Å². The summed E-state index contributed by atoms with van der Waals surface area (Å²) >= 11 is 0. The Morgan fingerprint density at radius 1 is 1.28 bits per heavy atom. The first-order valence-electron chi connectivity index (χ1n) is 6.88. The monoisotopic (exact) mass is 246 g/mol. The van der Waals surface area contributed by atoms with Gasteiger partial charge in [-0.2, -0.15) is 0 Å². The number of rotatable bonds is 2. The summed E-state index contributed by atoms with van der Waals surface area (Å²) in [5, 5.41) is 3.12. The van der Waals surface area contributed by atoms with Gasteiger partial charge in [-0.05, 0) is 32.4 Å². The number of hydrogen-bond donors (Lipinski definition) is 1. The van der Waals surface area contributed by atoms with Gasteiger partial charge in [-0.25, -0.2) is 4.98 Å². The fourth-order valence-corrected chi connectivity index (χ4v) is 3.30. The fourth-order valence-electron chi connectivity index (χ4n) is 3.30. The van der Waals surface area contributed by atoms with E-state index in [0.717, 1.165) is 24.4 Å². The minimum Gasteiger partial charge on any atom is -0.373 e. The lowest BCUT2D eigenvalue weighted by atomic mass is 10.1. The molecular weight excluding hydrogens is 224 g/mol. The molecule has 0 radical (unpaired) electrons. The Hall–Kier alpha value is -1.29. The lowest BCUT2D eigenvalue weighted by Crippen LogP contribution is -2.36. The maximum atomic E-state index is 4.29. The van der Waals surface area contributed by atoms with Crippen LogP contribution in [-0.4, -0.2) is 49.2 Å². The number of hydrogen-bond acceptors (Lipinski definition) is 4. The predicted octanol–water partition coefficient (Wildman–Crippen LogP) is 1.80. The molecule has 2 fully saturated rings. The van der Waals surface area contributed by atoms with Gasteiger partial charge in [0.2, 0.25) is 0 Å². The number of fused-ring (bicyclic) bond motifs is 2. The van der Waals surface area contributed by atoms with Crippen molar-refractivity contribution >= 4 is 11.5 Å². The van der Waals surface area contributed by atoms with E-state index in [1.807, 2.05) is 13.2 Å². The number of aromatic nitrogens is 1. The fraction of sp³-hybridized carbons (Fsp3) is 0.643. The van der Waals surface area contributed by atoms with E-state index < -0.39 is 0 Å². The molecule has 1 aromatic heterocycles. The van der Waals surface area contributed by atoms with Gasteiger partial charge in [-0.3, -0.25) is 4.90 Å². The Morgan fingerprint density at radius 3 is 2.94 bits per heavy atom. The van der Waals surface area contributed by atoms with Crippen LogP contribution in [0.3, 0.4) is 0 Å². The third-order valence-electron chi connectivity index (χ3n) is 4.51. The second-order valence-electron chi connectivity index (χ2n) is 5.43. The summed E-state index contributed by atoms with van der Waals surface area (Å²) in [6.45, 7) is 2.32. The summed E-state index contributed by atoms with van der Waals surface area (Å²) in [4.78, 5) is 9.39. The largest absolute Gasteiger partial charge is 0.373 e. The molecule has 18 heavy (non-hydrogen) atoms. The molecule has 4 heteroatoms. The van der Waals surface area contributed by atoms with E-state index >= 15 is 0 Å². The van der Waals surface area contributed by atoms with Gasteiger partial charge in [0.15, 0.2) is 0 Å². The van der Waals surface area contributed by atoms with Crippen molar-refractivity contribution in [2.24, 2.45) is 0 Å². The Labute approximate surface area is 109 Å². The molecule has 2 atom stereocenters. The summed E-state index contributed by atoms with van der Waals surface area (Å²) in [5.74, 6) is 0.954. The number of pyridine rings is 1. The molecule has 0 spiro atoms. The molecule has 0 amide bonds. The Bertz CT molecular complexity index is 420. The van der Waals surface area contributed by atoms with E-state index in [4.69, 9.17) is 0 Å². The highest BCUT2D eigenvalue weighted by atomic mass is 15.3. The van der Waals surface area contributed by atoms with Gasteiger partial charge in [0.05, 0.1) is 0 Å². The van der Waals surface area contributed by atoms with E-state index in [2.05, 4.69) is 39.3 Å². The van der Waals surface area contributed by atoms with Crippen LogP contribution < -0.4 is 10.2 Å². The molecule has 2 saturated heterocycles. The van der Waals surface area contributed by atoms with E-state index in [-0.39, 0.29) is 0 Å². The van der Waals surface area contributed by atoms with Crippen LogP contribution >= 0.6 is 0 Å².